The Labute approximate surface area is 167 Å². The summed E-state index contributed by atoms with van der Waals surface area (Å²) < 4.78 is 11.3. The van der Waals surface area contributed by atoms with E-state index < -0.39 is 0 Å². The lowest BCUT2D eigenvalue weighted by Crippen LogP contribution is -2.18. The zero-order valence-electron chi connectivity index (χ0n) is 16.8. The Morgan fingerprint density at radius 1 is 1.04 bits per heavy atom. The molecule has 1 aliphatic heterocycles. The summed E-state index contributed by atoms with van der Waals surface area (Å²) in [5, 5.41) is 0. The molecular formula is C24H29NO3. The highest BCUT2D eigenvalue weighted by atomic mass is 16.5. The molecule has 28 heavy (non-hydrogen) atoms. The van der Waals surface area contributed by atoms with Gasteiger partial charge in [0, 0.05) is 25.9 Å². The maximum atomic E-state index is 11.3. The van der Waals surface area contributed by atoms with Gasteiger partial charge in [-0.3, -0.25) is 4.79 Å². The molecule has 2 aromatic carbocycles. The van der Waals surface area contributed by atoms with Gasteiger partial charge in [0.15, 0.2) is 0 Å². The van der Waals surface area contributed by atoms with Gasteiger partial charge in [0.25, 0.3) is 0 Å². The van der Waals surface area contributed by atoms with Crippen LogP contribution in [0.25, 0.3) is 17.2 Å². The van der Waals surface area contributed by atoms with E-state index in [0.717, 1.165) is 72.4 Å². The average Bonchev–Trinajstić information content (AvgIpc) is 2.89. The molecule has 0 bridgehead atoms. The van der Waals surface area contributed by atoms with E-state index in [2.05, 4.69) is 49.2 Å². The second-order valence-electron chi connectivity index (χ2n) is 7.12. The van der Waals surface area contributed by atoms with E-state index in [1.165, 1.54) is 0 Å². The average molecular weight is 380 g/mol. The molecule has 0 saturated carbocycles. The van der Waals surface area contributed by atoms with Gasteiger partial charge in [-0.15, -0.1) is 0 Å². The summed E-state index contributed by atoms with van der Waals surface area (Å²) in [7, 11) is 2.07. The molecule has 1 aliphatic rings. The van der Waals surface area contributed by atoms with Crippen LogP contribution in [0.1, 0.15) is 31.7 Å². The molecule has 0 amide bonds. The number of aldehydes is 1. The first-order valence-electron chi connectivity index (χ1n) is 10.0. The third-order valence-electron chi connectivity index (χ3n) is 4.99. The van der Waals surface area contributed by atoms with Crippen molar-refractivity contribution in [1.82, 2.24) is 0 Å². The molecule has 2 aromatic rings. The SMILES string of the molecule is CCCCOCCOc1ccc(-c2ccc3c(c2)C=C(C=O)CCN3C)cc1. The fourth-order valence-corrected chi connectivity index (χ4v) is 3.29. The van der Waals surface area contributed by atoms with Crippen molar-refractivity contribution in [2.45, 2.75) is 26.2 Å². The second-order valence-corrected chi connectivity index (χ2v) is 7.12. The second kappa shape index (κ2) is 10.1. The smallest absolute Gasteiger partial charge is 0.146 e. The maximum Gasteiger partial charge on any atom is 0.146 e. The van der Waals surface area contributed by atoms with Crippen LogP contribution in [-0.2, 0) is 9.53 Å². The lowest BCUT2D eigenvalue weighted by atomic mass is 10.0. The summed E-state index contributed by atoms with van der Waals surface area (Å²) in [5.41, 5.74) is 5.34. The number of carbonyl (C=O) groups excluding carboxylic acids is 1. The van der Waals surface area contributed by atoms with E-state index in [9.17, 15) is 4.79 Å². The van der Waals surface area contributed by atoms with Gasteiger partial charge in [0.2, 0.25) is 0 Å². The van der Waals surface area contributed by atoms with Crippen molar-refractivity contribution in [3.63, 3.8) is 0 Å². The number of hydrogen-bond donors (Lipinski definition) is 0. The Balaban J connectivity index is 1.67. The molecule has 1 heterocycles. The van der Waals surface area contributed by atoms with Gasteiger partial charge in [0.1, 0.15) is 18.6 Å². The summed E-state index contributed by atoms with van der Waals surface area (Å²) in [4.78, 5) is 13.5. The van der Waals surface area contributed by atoms with Crippen LogP contribution in [0.2, 0.25) is 0 Å². The van der Waals surface area contributed by atoms with E-state index in [1.54, 1.807) is 0 Å². The first kappa shape index (κ1) is 20.2. The third kappa shape index (κ3) is 5.23. The molecular weight excluding hydrogens is 350 g/mol. The normalized spacial score (nSPS) is 13.5. The number of carbonyl (C=O) groups is 1. The number of unbranched alkanes of at least 4 members (excludes halogenated alkanes) is 1. The molecule has 3 rings (SSSR count). The third-order valence-corrected chi connectivity index (χ3v) is 4.99. The molecule has 0 saturated heterocycles. The minimum atomic E-state index is 0.563. The van der Waals surface area contributed by atoms with Gasteiger partial charge in [-0.2, -0.15) is 0 Å². The zero-order valence-corrected chi connectivity index (χ0v) is 16.8. The van der Waals surface area contributed by atoms with Gasteiger partial charge in [-0.25, -0.2) is 0 Å². The van der Waals surface area contributed by atoms with Crippen LogP contribution < -0.4 is 9.64 Å². The number of ether oxygens (including phenoxy) is 2. The van der Waals surface area contributed by atoms with Crippen LogP contribution in [0, 0.1) is 0 Å². The Bertz CT molecular complexity index is 811. The summed E-state index contributed by atoms with van der Waals surface area (Å²) in [6.45, 7) is 4.98. The Hall–Kier alpha value is -2.59. The predicted molar refractivity (Wildman–Crippen MR) is 115 cm³/mol. The fraction of sp³-hybridized carbons (Fsp3) is 0.375. The molecule has 0 radical (unpaired) electrons. The topological polar surface area (TPSA) is 38.8 Å². The largest absolute Gasteiger partial charge is 0.491 e. The maximum absolute atomic E-state index is 11.3. The van der Waals surface area contributed by atoms with E-state index in [0.29, 0.717) is 13.2 Å². The van der Waals surface area contributed by atoms with Crippen molar-refractivity contribution in [3.05, 3.63) is 53.6 Å². The van der Waals surface area contributed by atoms with Gasteiger partial charge in [-0.1, -0.05) is 31.5 Å². The van der Waals surface area contributed by atoms with Crippen molar-refractivity contribution in [1.29, 1.82) is 0 Å². The summed E-state index contributed by atoms with van der Waals surface area (Å²) in [6.07, 6.45) is 5.99. The summed E-state index contributed by atoms with van der Waals surface area (Å²) >= 11 is 0. The van der Waals surface area contributed by atoms with E-state index in [-0.39, 0.29) is 0 Å². The zero-order chi connectivity index (χ0) is 19.8. The number of benzene rings is 2. The highest BCUT2D eigenvalue weighted by Crippen LogP contribution is 2.31. The van der Waals surface area contributed by atoms with Crippen molar-refractivity contribution in [2.24, 2.45) is 0 Å². The first-order chi connectivity index (χ1) is 13.7. The number of fused-ring (bicyclic) bond motifs is 1. The molecule has 0 unspecified atom stereocenters. The molecule has 4 nitrogen and oxygen atoms in total. The van der Waals surface area contributed by atoms with Crippen LogP contribution >= 0.6 is 0 Å². The molecule has 0 spiro atoms. The van der Waals surface area contributed by atoms with Crippen molar-refractivity contribution >= 4 is 18.0 Å². The van der Waals surface area contributed by atoms with Gasteiger partial charge >= 0.3 is 0 Å². The fourth-order valence-electron chi connectivity index (χ4n) is 3.29. The monoisotopic (exact) mass is 379 g/mol. The molecule has 0 fully saturated rings. The van der Waals surface area contributed by atoms with E-state index in [1.807, 2.05) is 18.2 Å². The molecule has 4 heteroatoms. The highest BCUT2D eigenvalue weighted by molar-refractivity contribution is 5.87. The van der Waals surface area contributed by atoms with Crippen molar-refractivity contribution < 1.29 is 14.3 Å². The van der Waals surface area contributed by atoms with Gasteiger partial charge in [0.05, 0.1) is 6.61 Å². The minimum Gasteiger partial charge on any atom is -0.491 e. The molecule has 0 N–H and O–H groups in total. The van der Waals surface area contributed by atoms with Gasteiger partial charge in [-0.05, 0) is 65.4 Å². The van der Waals surface area contributed by atoms with Crippen LogP contribution in [0.4, 0.5) is 5.69 Å². The van der Waals surface area contributed by atoms with E-state index in [4.69, 9.17) is 9.47 Å². The van der Waals surface area contributed by atoms with Gasteiger partial charge < -0.3 is 14.4 Å². The van der Waals surface area contributed by atoms with Crippen molar-refractivity contribution in [3.8, 4) is 16.9 Å². The minimum absolute atomic E-state index is 0.563. The number of rotatable bonds is 9. The Kier molecular flexibility index (Phi) is 7.26. The number of anilines is 1. The van der Waals surface area contributed by atoms with Crippen molar-refractivity contribution in [2.75, 3.05) is 38.3 Å². The standard InChI is InChI=1S/C24H29NO3/c1-3-4-13-27-14-15-28-23-8-5-20(6-9-23)21-7-10-24-22(17-21)16-19(18-26)11-12-25(24)2/h5-10,16-18H,3-4,11-15H2,1-2H3. The Morgan fingerprint density at radius 2 is 1.82 bits per heavy atom. The highest BCUT2D eigenvalue weighted by Gasteiger charge is 2.13. The molecule has 0 atom stereocenters. The Morgan fingerprint density at radius 3 is 2.57 bits per heavy atom. The quantitative estimate of drug-likeness (QED) is 0.455. The molecule has 0 aliphatic carbocycles. The lowest BCUT2D eigenvalue weighted by Gasteiger charge is -2.19. The molecule has 148 valence electrons. The van der Waals surface area contributed by atoms with Crippen LogP contribution in [0.15, 0.2) is 48.0 Å². The van der Waals surface area contributed by atoms with Crippen LogP contribution in [0.3, 0.4) is 0 Å². The lowest BCUT2D eigenvalue weighted by molar-refractivity contribution is -0.104. The van der Waals surface area contributed by atoms with E-state index >= 15 is 0 Å². The van der Waals surface area contributed by atoms with Crippen LogP contribution in [0.5, 0.6) is 5.75 Å². The van der Waals surface area contributed by atoms with Crippen LogP contribution in [-0.4, -0.2) is 39.7 Å². The molecule has 0 aromatic heterocycles. The number of nitrogens with zero attached hydrogens (tertiary/aromatic N) is 1. The summed E-state index contributed by atoms with van der Waals surface area (Å²) in [5.74, 6) is 0.848. The summed E-state index contributed by atoms with van der Waals surface area (Å²) in [6, 6.07) is 14.5. The predicted octanol–water partition coefficient (Wildman–Crippen LogP) is 4.97. The first-order valence-corrected chi connectivity index (χ1v) is 10.0. The number of hydrogen-bond acceptors (Lipinski definition) is 4.